The van der Waals surface area contributed by atoms with E-state index in [2.05, 4.69) is 12.1 Å². The van der Waals surface area contributed by atoms with Gasteiger partial charge in [-0.15, -0.1) is 0 Å². The quantitative estimate of drug-likeness (QED) is 0.395. The van der Waals surface area contributed by atoms with Crippen LogP contribution in [0.4, 0.5) is 13.2 Å². The second-order valence-electron chi connectivity index (χ2n) is 8.82. The van der Waals surface area contributed by atoms with Crippen molar-refractivity contribution in [3.63, 3.8) is 0 Å². The standard InChI is InChI=1S/C28H27F3O2/c29-25-14-15-26(22-11-10-20-5-1-2-6-21(20)16-22)23(17-25)18-28(30,31)24-12-8-19(9-13-24)4-3-7-27(32)33/h8-17H,1-7,18H2,(H,32,33). The zero-order valence-corrected chi connectivity index (χ0v) is 18.4. The van der Waals surface area contributed by atoms with Crippen LogP contribution in [0.15, 0.2) is 60.7 Å². The van der Waals surface area contributed by atoms with E-state index >= 15 is 8.78 Å². The third kappa shape index (κ3) is 5.65. The highest BCUT2D eigenvalue weighted by molar-refractivity contribution is 5.69. The number of fused-ring (bicyclic) bond motifs is 1. The summed E-state index contributed by atoms with van der Waals surface area (Å²) in [7, 11) is 0. The van der Waals surface area contributed by atoms with Crippen molar-refractivity contribution in [2.75, 3.05) is 0 Å². The molecule has 0 amide bonds. The normalized spacial score (nSPS) is 13.5. The number of benzene rings is 3. The Kier molecular flexibility index (Phi) is 6.87. The molecule has 0 radical (unpaired) electrons. The lowest BCUT2D eigenvalue weighted by atomic mass is 9.87. The first-order chi connectivity index (χ1) is 15.8. The van der Waals surface area contributed by atoms with Crippen LogP contribution < -0.4 is 0 Å². The second-order valence-corrected chi connectivity index (χ2v) is 8.82. The van der Waals surface area contributed by atoms with E-state index in [1.807, 2.05) is 6.07 Å². The van der Waals surface area contributed by atoms with Crippen molar-refractivity contribution in [1.82, 2.24) is 0 Å². The average Bonchev–Trinajstić information content (AvgIpc) is 2.79. The van der Waals surface area contributed by atoms with E-state index in [1.165, 1.54) is 41.8 Å². The van der Waals surface area contributed by atoms with Crippen LogP contribution in [0.2, 0.25) is 0 Å². The Morgan fingerprint density at radius 1 is 0.909 bits per heavy atom. The molecule has 3 aromatic carbocycles. The lowest BCUT2D eigenvalue weighted by Crippen LogP contribution is -2.18. The van der Waals surface area contributed by atoms with Crippen molar-refractivity contribution in [3.05, 3.63) is 94.3 Å². The number of aryl methyl sites for hydroxylation is 3. The zero-order chi connectivity index (χ0) is 23.4. The summed E-state index contributed by atoms with van der Waals surface area (Å²) in [5.41, 5.74) is 4.99. The van der Waals surface area contributed by atoms with Crippen molar-refractivity contribution in [2.24, 2.45) is 0 Å². The number of carboxylic acid groups (broad SMARTS) is 1. The highest BCUT2D eigenvalue weighted by Crippen LogP contribution is 2.37. The van der Waals surface area contributed by atoms with Gasteiger partial charge in [0.1, 0.15) is 5.82 Å². The number of alkyl halides is 2. The average molecular weight is 453 g/mol. The van der Waals surface area contributed by atoms with Gasteiger partial charge in [0.05, 0.1) is 0 Å². The summed E-state index contributed by atoms with van der Waals surface area (Å²) in [6.07, 6.45) is 4.72. The molecule has 0 saturated heterocycles. The van der Waals surface area contributed by atoms with E-state index in [0.29, 0.717) is 18.4 Å². The molecular formula is C28H27F3O2. The first-order valence-electron chi connectivity index (χ1n) is 11.4. The molecule has 0 unspecified atom stereocenters. The molecule has 1 aliphatic rings. The number of halogens is 3. The fraction of sp³-hybridized carbons (Fsp3) is 0.321. The molecule has 0 bridgehead atoms. The maximum Gasteiger partial charge on any atom is 0.303 e. The molecular weight excluding hydrogens is 425 g/mol. The van der Waals surface area contributed by atoms with Crippen molar-refractivity contribution in [1.29, 1.82) is 0 Å². The molecule has 0 saturated carbocycles. The fourth-order valence-corrected chi connectivity index (χ4v) is 4.59. The van der Waals surface area contributed by atoms with Gasteiger partial charge in [-0.05, 0) is 84.0 Å². The number of carbonyl (C=O) groups is 1. The third-order valence-corrected chi connectivity index (χ3v) is 6.37. The number of aliphatic carboxylic acids is 1. The summed E-state index contributed by atoms with van der Waals surface area (Å²) in [6.45, 7) is 0. The molecule has 1 aliphatic carbocycles. The number of hydrogen-bond donors (Lipinski definition) is 1. The minimum absolute atomic E-state index is 0.0446. The van der Waals surface area contributed by atoms with Gasteiger partial charge in [-0.3, -0.25) is 4.79 Å². The summed E-state index contributed by atoms with van der Waals surface area (Å²) in [5, 5.41) is 8.74. The SMILES string of the molecule is O=C(O)CCCc1ccc(C(F)(F)Cc2cc(F)ccc2-c2ccc3c(c2)CCCC3)cc1. The molecule has 2 nitrogen and oxygen atoms in total. The van der Waals surface area contributed by atoms with Crippen molar-refractivity contribution in [2.45, 2.75) is 57.3 Å². The molecule has 0 spiro atoms. The van der Waals surface area contributed by atoms with E-state index in [-0.39, 0.29) is 17.5 Å². The van der Waals surface area contributed by atoms with Gasteiger partial charge in [0.2, 0.25) is 0 Å². The molecule has 0 fully saturated rings. The summed E-state index contributed by atoms with van der Waals surface area (Å²) in [6, 6.07) is 16.2. The van der Waals surface area contributed by atoms with Crippen LogP contribution in [0.5, 0.6) is 0 Å². The Labute approximate surface area is 192 Å². The fourth-order valence-electron chi connectivity index (χ4n) is 4.59. The molecule has 0 aromatic heterocycles. The van der Waals surface area contributed by atoms with Crippen LogP contribution >= 0.6 is 0 Å². The molecule has 5 heteroatoms. The highest BCUT2D eigenvalue weighted by atomic mass is 19.3. The molecule has 33 heavy (non-hydrogen) atoms. The van der Waals surface area contributed by atoms with Crippen LogP contribution in [0.1, 0.15) is 53.5 Å². The zero-order valence-electron chi connectivity index (χ0n) is 18.4. The molecule has 0 aliphatic heterocycles. The Hall–Kier alpha value is -3.08. The predicted octanol–water partition coefficient (Wildman–Crippen LogP) is 7.11. The minimum Gasteiger partial charge on any atom is -0.481 e. The summed E-state index contributed by atoms with van der Waals surface area (Å²) in [4.78, 5) is 10.6. The van der Waals surface area contributed by atoms with Crippen LogP contribution in [0.25, 0.3) is 11.1 Å². The largest absolute Gasteiger partial charge is 0.481 e. The first-order valence-corrected chi connectivity index (χ1v) is 11.4. The topological polar surface area (TPSA) is 37.3 Å². The molecule has 172 valence electrons. The Morgan fingerprint density at radius 3 is 2.36 bits per heavy atom. The lowest BCUT2D eigenvalue weighted by Gasteiger charge is -2.21. The molecule has 3 aromatic rings. The monoisotopic (exact) mass is 452 g/mol. The van der Waals surface area contributed by atoms with Crippen LogP contribution in [-0.4, -0.2) is 11.1 Å². The van der Waals surface area contributed by atoms with Gasteiger partial charge < -0.3 is 5.11 Å². The predicted molar refractivity (Wildman–Crippen MR) is 123 cm³/mol. The Bertz CT molecular complexity index is 1140. The van der Waals surface area contributed by atoms with Gasteiger partial charge in [-0.25, -0.2) is 13.2 Å². The molecule has 4 rings (SSSR count). The van der Waals surface area contributed by atoms with Crippen LogP contribution in [0.3, 0.4) is 0 Å². The van der Waals surface area contributed by atoms with Gasteiger partial charge in [0, 0.05) is 18.4 Å². The van der Waals surface area contributed by atoms with E-state index in [4.69, 9.17) is 5.11 Å². The summed E-state index contributed by atoms with van der Waals surface area (Å²) in [5.74, 6) is -4.57. The lowest BCUT2D eigenvalue weighted by molar-refractivity contribution is -0.137. The maximum atomic E-state index is 15.2. The number of rotatable bonds is 8. The van der Waals surface area contributed by atoms with Crippen molar-refractivity contribution < 1.29 is 23.1 Å². The Morgan fingerprint density at radius 2 is 1.64 bits per heavy atom. The van der Waals surface area contributed by atoms with Gasteiger partial charge >= 0.3 is 5.97 Å². The van der Waals surface area contributed by atoms with Gasteiger partial charge in [-0.1, -0.05) is 48.5 Å². The van der Waals surface area contributed by atoms with E-state index in [0.717, 1.165) is 30.4 Å². The van der Waals surface area contributed by atoms with E-state index in [1.54, 1.807) is 18.2 Å². The molecule has 0 heterocycles. The summed E-state index contributed by atoms with van der Waals surface area (Å²) < 4.78 is 44.5. The molecule has 0 atom stereocenters. The third-order valence-electron chi connectivity index (χ3n) is 6.37. The maximum absolute atomic E-state index is 15.2. The number of carboxylic acids is 1. The second kappa shape index (κ2) is 9.82. The van der Waals surface area contributed by atoms with Crippen LogP contribution in [0, 0.1) is 5.82 Å². The van der Waals surface area contributed by atoms with E-state index < -0.39 is 24.1 Å². The Balaban J connectivity index is 1.57. The molecule has 1 N–H and O–H groups in total. The van der Waals surface area contributed by atoms with E-state index in [9.17, 15) is 9.18 Å². The summed E-state index contributed by atoms with van der Waals surface area (Å²) >= 11 is 0. The number of hydrogen-bond acceptors (Lipinski definition) is 1. The van der Waals surface area contributed by atoms with Gasteiger partial charge in [0.15, 0.2) is 0 Å². The van der Waals surface area contributed by atoms with Gasteiger partial charge in [-0.2, -0.15) is 0 Å². The highest BCUT2D eigenvalue weighted by Gasteiger charge is 2.33. The smallest absolute Gasteiger partial charge is 0.303 e. The van der Waals surface area contributed by atoms with Crippen molar-refractivity contribution >= 4 is 5.97 Å². The van der Waals surface area contributed by atoms with Crippen LogP contribution in [-0.2, 0) is 36.4 Å². The minimum atomic E-state index is -3.17. The van der Waals surface area contributed by atoms with Crippen molar-refractivity contribution in [3.8, 4) is 11.1 Å². The van der Waals surface area contributed by atoms with Gasteiger partial charge in [0.25, 0.3) is 5.92 Å². The first kappa shape index (κ1) is 23.1.